The Morgan fingerprint density at radius 3 is 2.50 bits per heavy atom. The molecule has 34 heavy (non-hydrogen) atoms. The molecule has 1 aliphatic heterocycles. The van der Waals surface area contributed by atoms with E-state index in [9.17, 15) is 0 Å². The standard InChI is InChI=1S/C27H28ClN5O/c1-18-5-10-24(28)23(15-18)22-17-26-25(16-19(22)2)30-27(32-31-26)29-20-6-8-21(9-7-20)34-14-13-33-11-3-4-12-33/h5-10,15-17H,3-4,11-14H2,1-2H3,(H,29,30,32). The normalized spacial score (nSPS) is 14.0. The number of nitrogens with zero attached hydrogens (tertiary/aromatic N) is 4. The molecule has 0 saturated carbocycles. The van der Waals surface area contributed by atoms with Crippen LogP contribution in [0.4, 0.5) is 11.6 Å². The third kappa shape index (κ3) is 5.13. The summed E-state index contributed by atoms with van der Waals surface area (Å²) in [4.78, 5) is 7.11. The number of hydrogen-bond donors (Lipinski definition) is 1. The minimum absolute atomic E-state index is 0.455. The van der Waals surface area contributed by atoms with Crippen molar-refractivity contribution < 1.29 is 4.74 Å². The van der Waals surface area contributed by atoms with E-state index in [2.05, 4.69) is 45.3 Å². The van der Waals surface area contributed by atoms with Crippen LogP contribution in [0, 0.1) is 13.8 Å². The molecule has 1 aromatic heterocycles. The minimum Gasteiger partial charge on any atom is -0.492 e. The fourth-order valence-corrected chi connectivity index (χ4v) is 4.56. The van der Waals surface area contributed by atoms with Crippen LogP contribution in [0.5, 0.6) is 5.75 Å². The highest BCUT2D eigenvalue weighted by atomic mass is 35.5. The molecule has 1 aliphatic rings. The first-order chi connectivity index (χ1) is 16.5. The van der Waals surface area contributed by atoms with Gasteiger partial charge in [-0.05, 0) is 99.4 Å². The Bertz CT molecular complexity index is 1300. The van der Waals surface area contributed by atoms with Crippen LogP contribution in [0.15, 0.2) is 54.6 Å². The summed E-state index contributed by atoms with van der Waals surface area (Å²) >= 11 is 6.47. The molecule has 0 unspecified atom stereocenters. The van der Waals surface area contributed by atoms with E-state index in [1.54, 1.807) is 0 Å². The van der Waals surface area contributed by atoms with Crippen LogP contribution in [-0.2, 0) is 0 Å². The highest BCUT2D eigenvalue weighted by molar-refractivity contribution is 6.33. The molecule has 0 spiro atoms. The number of rotatable bonds is 7. The Kier molecular flexibility index (Phi) is 6.61. The van der Waals surface area contributed by atoms with Crippen molar-refractivity contribution in [3.63, 3.8) is 0 Å². The molecule has 5 rings (SSSR count). The molecule has 6 nitrogen and oxygen atoms in total. The predicted molar refractivity (Wildman–Crippen MR) is 138 cm³/mol. The van der Waals surface area contributed by atoms with Crippen LogP contribution in [0.3, 0.4) is 0 Å². The van der Waals surface area contributed by atoms with Crippen molar-refractivity contribution in [2.45, 2.75) is 26.7 Å². The van der Waals surface area contributed by atoms with E-state index < -0.39 is 0 Å². The fourth-order valence-electron chi connectivity index (χ4n) is 4.34. The second-order valence-electron chi connectivity index (χ2n) is 8.82. The molecule has 3 aromatic carbocycles. The monoisotopic (exact) mass is 473 g/mol. The van der Waals surface area contributed by atoms with Crippen LogP contribution in [-0.4, -0.2) is 46.3 Å². The number of halogens is 1. The second-order valence-corrected chi connectivity index (χ2v) is 9.23. The number of hydrogen-bond acceptors (Lipinski definition) is 6. The molecule has 1 saturated heterocycles. The molecule has 0 aliphatic carbocycles. The fraction of sp³-hybridized carbons (Fsp3) is 0.296. The van der Waals surface area contributed by atoms with Crippen molar-refractivity contribution in [3.8, 4) is 16.9 Å². The van der Waals surface area contributed by atoms with Gasteiger partial charge in [0.15, 0.2) is 0 Å². The number of anilines is 2. The number of benzene rings is 3. The summed E-state index contributed by atoms with van der Waals surface area (Å²) in [7, 11) is 0. The first-order valence-corrected chi connectivity index (χ1v) is 12.1. The average Bonchev–Trinajstić information content (AvgIpc) is 3.35. The maximum Gasteiger partial charge on any atom is 0.247 e. The van der Waals surface area contributed by atoms with Crippen LogP contribution in [0.1, 0.15) is 24.0 Å². The number of fused-ring (bicyclic) bond motifs is 1. The SMILES string of the molecule is Cc1ccc(Cl)c(-c2cc3nnc(Nc4ccc(OCCN5CCCC5)cc4)nc3cc2C)c1. The first kappa shape index (κ1) is 22.6. The van der Waals surface area contributed by atoms with Crippen molar-refractivity contribution in [2.75, 3.05) is 31.6 Å². The van der Waals surface area contributed by atoms with Gasteiger partial charge in [0.2, 0.25) is 5.95 Å². The van der Waals surface area contributed by atoms with Gasteiger partial charge in [-0.2, -0.15) is 0 Å². The van der Waals surface area contributed by atoms with E-state index in [0.717, 1.165) is 56.3 Å². The van der Waals surface area contributed by atoms with E-state index in [1.807, 2.05) is 48.5 Å². The van der Waals surface area contributed by atoms with Gasteiger partial charge < -0.3 is 10.1 Å². The number of aryl methyl sites for hydroxylation is 2. The van der Waals surface area contributed by atoms with Gasteiger partial charge in [0, 0.05) is 22.8 Å². The van der Waals surface area contributed by atoms with Gasteiger partial charge in [-0.15, -0.1) is 10.2 Å². The lowest BCUT2D eigenvalue weighted by molar-refractivity contribution is 0.238. The van der Waals surface area contributed by atoms with Crippen molar-refractivity contribution in [1.82, 2.24) is 20.1 Å². The number of ether oxygens (including phenoxy) is 1. The van der Waals surface area contributed by atoms with Gasteiger partial charge in [0.05, 0.1) is 5.52 Å². The van der Waals surface area contributed by atoms with E-state index in [-0.39, 0.29) is 0 Å². The lowest BCUT2D eigenvalue weighted by atomic mass is 9.98. The molecule has 1 fully saturated rings. The Morgan fingerprint density at radius 1 is 0.912 bits per heavy atom. The third-order valence-electron chi connectivity index (χ3n) is 6.20. The minimum atomic E-state index is 0.455. The number of aromatic nitrogens is 3. The summed E-state index contributed by atoms with van der Waals surface area (Å²) < 4.78 is 5.88. The molecular formula is C27H28ClN5O. The summed E-state index contributed by atoms with van der Waals surface area (Å²) in [5, 5.41) is 12.6. The Hall–Kier alpha value is -3.22. The van der Waals surface area contributed by atoms with Gasteiger partial charge in [0.1, 0.15) is 17.9 Å². The maximum atomic E-state index is 6.47. The van der Waals surface area contributed by atoms with E-state index in [0.29, 0.717) is 12.6 Å². The topological polar surface area (TPSA) is 63.2 Å². The van der Waals surface area contributed by atoms with Crippen LogP contribution >= 0.6 is 11.6 Å². The zero-order valence-electron chi connectivity index (χ0n) is 19.5. The quantitative estimate of drug-likeness (QED) is 0.345. The van der Waals surface area contributed by atoms with Crippen molar-refractivity contribution in [1.29, 1.82) is 0 Å². The van der Waals surface area contributed by atoms with E-state index in [4.69, 9.17) is 16.3 Å². The van der Waals surface area contributed by atoms with E-state index in [1.165, 1.54) is 25.9 Å². The molecule has 4 aromatic rings. The summed E-state index contributed by atoms with van der Waals surface area (Å²) in [6, 6.07) is 17.9. The van der Waals surface area contributed by atoms with Crippen LogP contribution in [0.2, 0.25) is 5.02 Å². The summed E-state index contributed by atoms with van der Waals surface area (Å²) in [6.45, 7) is 8.18. The van der Waals surface area contributed by atoms with Crippen molar-refractivity contribution in [2.24, 2.45) is 0 Å². The molecular weight excluding hydrogens is 446 g/mol. The highest BCUT2D eigenvalue weighted by Gasteiger charge is 2.12. The zero-order chi connectivity index (χ0) is 23.5. The van der Waals surface area contributed by atoms with Gasteiger partial charge in [-0.25, -0.2) is 4.98 Å². The number of nitrogens with one attached hydrogen (secondary N) is 1. The molecule has 0 atom stereocenters. The average molecular weight is 474 g/mol. The largest absolute Gasteiger partial charge is 0.492 e. The smallest absolute Gasteiger partial charge is 0.247 e. The molecule has 0 bridgehead atoms. The van der Waals surface area contributed by atoms with Gasteiger partial charge in [-0.1, -0.05) is 23.2 Å². The van der Waals surface area contributed by atoms with E-state index >= 15 is 0 Å². The maximum absolute atomic E-state index is 6.47. The molecule has 1 N–H and O–H groups in total. The summed E-state index contributed by atoms with van der Waals surface area (Å²) in [5.74, 6) is 1.32. The van der Waals surface area contributed by atoms with Gasteiger partial charge in [-0.3, -0.25) is 4.90 Å². The van der Waals surface area contributed by atoms with Crippen molar-refractivity contribution in [3.05, 3.63) is 70.7 Å². The molecule has 174 valence electrons. The Labute approximate surface area is 204 Å². The Balaban J connectivity index is 1.28. The number of likely N-dealkylation sites (tertiary alicyclic amines) is 1. The van der Waals surface area contributed by atoms with Crippen LogP contribution in [0.25, 0.3) is 22.2 Å². The summed E-state index contributed by atoms with van der Waals surface area (Å²) in [5.41, 5.74) is 6.67. The molecule has 7 heteroatoms. The zero-order valence-corrected chi connectivity index (χ0v) is 20.3. The first-order valence-electron chi connectivity index (χ1n) is 11.7. The van der Waals surface area contributed by atoms with Crippen LogP contribution < -0.4 is 10.1 Å². The van der Waals surface area contributed by atoms with Gasteiger partial charge in [0.25, 0.3) is 0 Å². The summed E-state index contributed by atoms with van der Waals surface area (Å²) in [6.07, 6.45) is 2.60. The predicted octanol–water partition coefficient (Wildman–Crippen LogP) is 6.18. The highest BCUT2D eigenvalue weighted by Crippen LogP contribution is 2.33. The second kappa shape index (κ2) is 9.95. The van der Waals surface area contributed by atoms with Crippen molar-refractivity contribution >= 4 is 34.3 Å². The van der Waals surface area contributed by atoms with Gasteiger partial charge >= 0.3 is 0 Å². The Morgan fingerprint density at radius 2 is 1.71 bits per heavy atom. The third-order valence-corrected chi connectivity index (χ3v) is 6.53. The lowest BCUT2D eigenvalue weighted by Crippen LogP contribution is -2.25. The molecule has 0 amide bonds. The lowest BCUT2D eigenvalue weighted by Gasteiger charge is -2.15. The molecule has 0 radical (unpaired) electrons. The molecule has 2 heterocycles.